The fraction of sp³-hybridized carbons (Fsp3) is 0.500. The van der Waals surface area contributed by atoms with Gasteiger partial charge >= 0.3 is 12.4 Å². The molecule has 16 heteroatoms. The molecule has 264 valence electrons. The van der Waals surface area contributed by atoms with Gasteiger partial charge in [0.2, 0.25) is 5.95 Å². The number of rotatable bonds is 13. The summed E-state index contributed by atoms with van der Waals surface area (Å²) in [6.45, 7) is 3.60. The SMILES string of the molecule is CCN(CC1CCCC1)c1cc(F)c(F)cc1CN(c1ncc(OCCS(C)(=O)=O)cn1)C(C)c1cc(C(F)(F)F)cc(C(F)(F)F)c1. The minimum Gasteiger partial charge on any atom is -0.489 e. The number of aromatic nitrogens is 2. The number of hydrogen-bond donors (Lipinski definition) is 0. The molecule has 4 rings (SSSR count). The molecule has 1 fully saturated rings. The van der Waals surface area contributed by atoms with Crippen LogP contribution in [-0.4, -0.2) is 50.1 Å². The van der Waals surface area contributed by atoms with E-state index in [1.165, 1.54) is 24.2 Å². The van der Waals surface area contributed by atoms with Crippen molar-refractivity contribution in [2.75, 3.05) is 41.5 Å². The largest absolute Gasteiger partial charge is 0.489 e. The average molecular weight is 709 g/mol. The van der Waals surface area contributed by atoms with Crippen LogP contribution in [0.5, 0.6) is 5.75 Å². The number of halogens is 8. The van der Waals surface area contributed by atoms with E-state index in [0.29, 0.717) is 36.8 Å². The normalized spacial score (nSPS) is 15.1. The number of sulfone groups is 1. The van der Waals surface area contributed by atoms with E-state index in [9.17, 15) is 43.5 Å². The number of ether oxygens (including phenoxy) is 1. The highest BCUT2D eigenvalue weighted by Gasteiger charge is 2.38. The van der Waals surface area contributed by atoms with Gasteiger partial charge in [-0.25, -0.2) is 27.2 Å². The molecule has 1 aromatic heterocycles. The van der Waals surface area contributed by atoms with Gasteiger partial charge < -0.3 is 14.5 Å². The third-order valence-electron chi connectivity index (χ3n) is 8.29. The maximum absolute atomic E-state index is 14.8. The van der Waals surface area contributed by atoms with Gasteiger partial charge in [0.25, 0.3) is 0 Å². The minimum atomic E-state index is -5.10. The van der Waals surface area contributed by atoms with Gasteiger partial charge in [0.15, 0.2) is 27.2 Å². The molecule has 1 aliphatic carbocycles. The Morgan fingerprint density at radius 3 is 2.00 bits per heavy atom. The lowest BCUT2D eigenvalue weighted by atomic mass is 9.98. The van der Waals surface area contributed by atoms with Gasteiger partial charge in [-0.2, -0.15) is 26.3 Å². The molecule has 0 N–H and O–H groups in total. The summed E-state index contributed by atoms with van der Waals surface area (Å²) in [5.74, 6) is -2.41. The summed E-state index contributed by atoms with van der Waals surface area (Å²) in [6.07, 6.45) is -2.84. The second-order valence-corrected chi connectivity index (χ2v) is 14.2. The van der Waals surface area contributed by atoms with E-state index in [2.05, 4.69) is 9.97 Å². The zero-order chi connectivity index (χ0) is 35.4. The van der Waals surface area contributed by atoms with E-state index >= 15 is 0 Å². The average Bonchev–Trinajstić information content (AvgIpc) is 3.52. The Labute approximate surface area is 273 Å². The van der Waals surface area contributed by atoms with Crippen LogP contribution in [-0.2, 0) is 28.7 Å². The molecular weight excluding hydrogens is 672 g/mol. The van der Waals surface area contributed by atoms with Crippen LogP contribution < -0.4 is 14.5 Å². The zero-order valence-electron chi connectivity index (χ0n) is 26.5. The Hall–Kier alpha value is -3.69. The first-order valence-corrected chi connectivity index (χ1v) is 17.3. The summed E-state index contributed by atoms with van der Waals surface area (Å²) >= 11 is 0. The van der Waals surface area contributed by atoms with Crippen molar-refractivity contribution in [2.24, 2.45) is 5.92 Å². The van der Waals surface area contributed by atoms with Crippen molar-refractivity contribution in [3.05, 3.63) is 76.6 Å². The monoisotopic (exact) mass is 708 g/mol. The van der Waals surface area contributed by atoms with Crippen LogP contribution in [0.1, 0.15) is 67.8 Å². The Kier molecular flexibility index (Phi) is 11.5. The standard InChI is InChI=1S/C32H36F8N4O3S/c1-4-43(18-21-7-5-6-8-21)29-15-28(34)27(33)13-23(29)19-44(30-41-16-26(17-42-30)47-9-10-48(3,45)46)20(2)22-11-24(31(35,36)37)14-25(12-22)32(38,39)40/h11-17,20-21H,4-10,18-19H2,1-3H3. The molecule has 0 radical (unpaired) electrons. The topological polar surface area (TPSA) is 75.6 Å². The lowest BCUT2D eigenvalue weighted by Gasteiger charge is -2.34. The summed E-state index contributed by atoms with van der Waals surface area (Å²) in [5.41, 5.74) is -2.88. The van der Waals surface area contributed by atoms with Crippen LogP contribution in [0.2, 0.25) is 0 Å². The number of anilines is 2. The molecule has 1 unspecified atom stereocenters. The van der Waals surface area contributed by atoms with Crippen molar-refractivity contribution in [1.29, 1.82) is 0 Å². The lowest BCUT2D eigenvalue weighted by molar-refractivity contribution is -0.143. The number of nitrogens with zero attached hydrogens (tertiary/aromatic N) is 4. The van der Waals surface area contributed by atoms with Gasteiger partial charge in [0.05, 0.1) is 35.3 Å². The number of alkyl halides is 6. The molecular formula is C32H36F8N4O3S. The number of hydrogen-bond acceptors (Lipinski definition) is 7. The summed E-state index contributed by atoms with van der Waals surface area (Å²) < 4.78 is 140. The van der Waals surface area contributed by atoms with Crippen molar-refractivity contribution < 1.29 is 48.3 Å². The Morgan fingerprint density at radius 2 is 1.48 bits per heavy atom. The maximum Gasteiger partial charge on any atom is 0.416 e. The van der Waals surface area contributed by atoms with Crippen molar-refractivity contribution >= 4 is 21.5 Å². The van der Waals surface area contributed by atoms with E-state index in [0.717, 1.165) is 44.1 Å². The third-order valence-corrected chi connectivity index (χ3v) is 9.20. The van der Waals surface area contributed by atoms with Gasteiger partial charge in [0, 0.05) is 37.6 Å². The Morgan fingerprint density at radius 1 is 0.917 bits per heavy atom. The minimum absolute atomic E-state index is 0.0231. The highest BCUT2D eigenvalue weighted by molar-refractivity contribution is 7.90. The fourth-order valence-electron chi connectivity index (χ4n) is 5.71. The van der Waals surface area contributed by atoms with Crippen LogP contribution >= 0.6 is 0 Å². The summed E-state index contributed by atoms with van der Waals surface area (Å²) in [7, 11) is -3.34. The highest BCUT2D eigenvalue weighted by atomic mass is 32.2. The van der Waals surface area contributed by atoms with Gasteiger partial charge in [-0.05, 0) is 68.0 Å². The van der Waals surface area contributed by atoms with Crippen molar-refractivity contribution in [3.63, 3.8) is 0 Å². The molecule has 48 heavy (non-hydrogen) atoms. The molecule has 0 spiro atoms. The van der Waals surface area contributed by atoms with E-state index in [1.54, 1.807) is 0 Å². The van der Waals surface area contributed by atoms with Gasteiger partial charge in [-0.1, -0.05) is 12.8 Å². The molecule has 1 saturated carbocycles. The van der Waals surface area contributed by atoms with Crippen LogP contribution in [0.25, 0.3) is 0 Å². The zero-order valence-corrected chi connectivity index (χ0v) is 27.3. The molecule has 7 nitrogen and oxygen atoms in total. The predicted molar refractivity (Wildman–Crippen MR) is 164 cm³/mol. The van der Waals surface area contributed by atoms with E-state index in [-0.39, 0.29) is 47.8 Å². The van der Waals surface area contributed by atoms with Gasteiger partial charge in [-0.3, -0.25) is 0 Å². The van der Waals surface area contributed by atoms with Crippen molar-refractivity contribution in [3.8, 4) is 5.75 Å². The highest BCUT2D eigenvalue weighted by Crippen LogP contribution is 2.40. The summed E-state index contributed by atoms with van der Waals surface area (Å²) in [6, 6.07) is 1.96. The van der Waals surface area contributed by atoms with E-state index in [4.69, 9.17) is 4.74 Å². The summed E-state index contributed by atoms with van der Waals surface area (Å²) in [4.78, 5) is 11.6. The Bertz CT molecular complexity index is 1630. The molecule has 0 amide bonds. The second-order valence-electron chi connectivity index (χ2n) is 11.9. The van der Waals surface area contributed by atoms with E-state index < -0.39 is 51.0 Å². The van der Waals surface area contributed by atoms with Gasteiger partial charge in [0.1, 0.15) is 6.61 Å². The van der Waals surface area contributed by atoms with Crippen LogP contribution in [0.15, 0.2) is 42.7 Å². The molecule has 0 bridgehead atoms. The first kappa shape index (κ1) is 37.1. The molecule has 1 aliphatic rings. The van der Waals surface area contributed by atoms with Crippen LogP contribution in [0.4, 0.5) is 46.8 Å². The Balaban J connectivity index is 1.80. The quantitative estimate of drug-likeness (QED) is 0.167. The fourth-order valence-corrected chi connectivity index (χ4v) is 6.09. The molecule has 2 aromatic carbocycles. The number of benzene rings is 2. The van der Waals surface area contributed by atoms with Crippen LogP contribution in [0, 0.1) is 17.6 Å². The molecule has 3 aromatic rings. The molecule has 1 heterocycles. The second kappa shape index (κ2) is 14.8. The third kappa shape index (κ3) is 9.69. The van der Waals surface area contributed by atoms with Crippen LogP contribution in [0.3, 0.4) is 0 Å². The summed E-state index contributed by atoms with van der Waals surface area (Å²) in [5, 5.41) is 0. The van der Waals surface area contributed by atoms with Crippen molar-refractivity contribution in [1.82, 2.24) is 9.97 Å². The smallest absolute Gasteiger partial charge is 0.416 e. The molecule has 0 saturated heterocycles. The first-order chi connectivity index (χ1) is 22.4. The first-order valence-electron chi connectivity index (χ1n) is 15.3. The van der Waals surface area contributed by atoms with Gasteiger partial charge in [-0.15, -0.1) is 0 Å². The van der Waals surface area contributed by atoms with E-state index in [1.807, 2.05) is 11.8 Å². The lowest BCUT2D eigenvalue weighted by Crippen LogP contribution is -2.32. The molecule has 1 atom stereocenters. The predicted octanol–water partition coefficient (Wildman–Crippen LogP) is 8.00. The maximum atomic E-state index is 14.8. The van der Waals surface area contributed by atoms with Crippen molar-refractivity contribution in [2.45, 2.75) is 64.5 Å². The molecule has 0 aliphatic heterocycles.